The molecule has 0 spiro atoms. The molecule has 0 atom stereocenters. The van der Waals surface area contributed by atoms with Crippen LogP contribution in [0.2, 0.25) is 0 Å². The van der Waals surface area contributed by atoms with Crippen molar-refractivity contribution in [2.45, 2.75) is 6.42 Å². The largest absolute Gasteiger partial charge is 0.379 e. The first-order valence-electron chi connectivity index (χ1n) is 6.08. The first-order valence-corrected chi connectivity index (χ1v) is 7.20. The second-order valence-electron chi connectivity index (χ2n) is 4.18. The monoisotopic (exact) mass is 312 g/mol. The Balaban J connectivity index is 1.96. The lowest BCUT2D eigenvalue weighted by Crippen LogP contribution is -2.48. The number of nitrogens with one attached hydrogen (secondary N) is 1. The normalized spacial score (nSPS) is 16.5. The van der Waals surface area contributed by atoms with Gasteiger partial charge in [-0.3, -0.25) is 10.2 Å². The molecule has 98 valence electrons. The number of halogens is 1. The quantitative estimate of drug-likeness (QED) is 0.859. The van der Waals surface area contributed by atoms with Crippen LogP contribution in [0.15, 0.2) is 24.3 Å². The molecule has 0 unspecified atom stereocenters. The summed E-state index contributed by atoms with van der Waals surface area (Å²) in [5.74, 6) is -0.0478. The van der Waals surface area contributed by atoms with Crippen molar-refractivity contribution >= 4 is 21.8 Å². The van der Waals surface area contributed by atoms with E-state index in [1.165, 1.54) is 5.56 Å². The van der Waals surface area contributed by atoms with Crippen LogP contribution in [-0.2, 0) is 11.2 Å². The van der Waals surface area contributed by atoms with Gasteiger partial charge in [0, 0.05) is 24.0 Å². The molecule has 1 aliphatic rings. The van der Waals surface area contributed by atoms with Gasteiger partial charge in [-0.15, -0.1) is 0 Å². The van der Waals surface area contributed by atoms with Crippen molar-refractivity contribution in [3.63, 3.8) is 0 Å². The number of carbonyl (C=O) groups excluding carboxylic acids is 1. The highest BCUT2D eigenvalue weighted by Gasteiger charge is 2.14. The van der Waals surface area contributed by atoms with Crippen molar-refractivity contribution in [3.05, 3.63) is 35.4 Å². The van der Waals surface area contributed by atoms with Crippen LogP contribution >= 0.6 is 15.9 Å². The Morgan fingerprint density at radius 1 is 1.39 bits per heavy atom. The average Bonchev–Trinajstić information content (AvgIpc) is 2.40. The summed E-state index contributed by atoms with van der Waals surface area (Å²) in [6.45, 7) is 2.83. The third kappa shape index (κ3) is 3.80. The van der Waals surface area contributed by atoms with Crippen molar-refractivity contribution in [2.24, 2.45) is 0 Å². The van der Waals surface area contributed by atoms with E-state index in [4.69, 9.17) is 4.74 Å². The Labute approximate surface area is 115 Å². The van der Waals surface area contributed by atoms with Gasteiger partial charge in [-0.25, -0.2) is 5.01 Å². The molecule has 1 fully saturated rings. The second-order valence-corrected chi connectivity index (χ2v) is 4.97. The number of hydrazine groups is 1. The Hall–Kier alpha value is -0.910. The van der Waals surface area contributed by atoms with Crippen LogP contribution in [0.4, 0.5) is 0 Å². The zero-order valence-corrected chi connectivity index (χ0v) is 11.8. The molecule has 1 saturated heterocycles. The van der Waals surface area contributed by atoms with Crippen molar-refractivity contribution < 1.29 is 9.53 Å². The minimum absolute atomic E-state index is 0.0478. The van der Waals surface area contributed by atoms with Gasteiger partial charge < -0.3 is 4.74 Å². The molecule has 0 bridgehead atoms. The van der Waals surface area contributed by atoms with Crippen LogP contribution in [0.3, 0.4) is 0 Å². The van der Waals surface area contributed by atoms with E-state index in [-0.39, 0.29) is 5.91 Å². The fourth-order valence-electron chi connectivity index (χ4n) is 1.86. The highest BCUT2D eigenvalue weighted by molar-refractivity contribution is 9.09. The Morgan fingerprint density at radius 3 is 2.89 bits per heavy atom. The molecule has 1 aliphatic heterocycles. The summed E-state index contributed by atoms with van der Waals surface area (Å²) in [7, 11) is 0. The maximum absolute atomic E-state index is 12.1. The molecule has 1 aromatic rings. The summed E-state index contributed by atoms with van der Waals surface area (Å²) in [6.07, 6.45) is 0.929. The topological polar surface area (TPSA) is 41.6 Å². The molecule has 18 heavy (non-hydrogen) atoms. The summed E-state index contributed by atoms with van der Waals surface area (Å²) in [6, 6.07) is 7.74. The molecule has 1 amide bonds. The molecule has 1 heterocycles. The number of alkyl halides is 1. The van der Waals surface area contributed by atoms with Crippen molar-refractivity contribution in [1.29, 1.82) is 0 Å². The smallest absolute Gasteiger partial charge is 0.265 e. The molecule has 0 saturated carbocycles. The first-order chi connectivity index (χ1) is 8.79. The Bertz CT molecular complexity index is 406. The van der Waals surface area contributed by atoms with Crippen molar-refractivity contribution in [3.8, 4) is 0 Å². The number of amides is 1. The maximum atomic E-state index is 12.1. The third-order valence-electron chi connectivity index (χ3n) is 2.84. The summed E-state index contributed by atoms with van der Waals surface area (Å²) in [5, 5.41) is 2.81. The van der Waals surface area contributed by atoms with Crippen LogP contribution < -0.4 is 5.43 Å². The lowest BCUT2D eigenvalue weighted by molar-refractivity contribution is 0.0126. The van der Waals surface area contributed by atoms with Gasteiger partial charge in [0.1, 0.15) is 0 Å². The van der Waals surface area contributed by atoms with Crippen LogP contribution in [0, 0.1) is 0 Å². The summed E-state index contributed by atoms with van der Waals surface area (Å²) < 4.78 is 5.24. The van der Waals surface area contributed by atoms with Crippen LogP contribution in [0.1, 0.15) is 15.9 Å². The van der Waals surface area contributed by atoms with E-state index in [1.54, 1.807) is 0 Å². The van der Waals surface area contributed by atoms with E-state index in [0.717, 1.165) is 24.8 Å². The number of rotatable bonds is 4. The van der Waals surface area contributed by atoms with Crippen molar-refractivity contribution in [2.75, 3.05) is 31.6 Å². The third-order valence-corrected chi connectivity index (χ3v) is 3.24. The van der Waals surface area contributed by atoms with Crippen LogP contribution in [-0.4, -0.2) is 42.5 Å². The van der Waals surface area contributed by atoms with E-state index in [9.17, 15) is 4.79 Å². The number of benzene rings is 1. The zero-order chi connectivity index (χ0) is 12.8. The average molecular weight is 313 g/mol. The Kier molecular flexibility index (Phi) is 5.16. The molecule has 1 N–H and O–H groups in total. The maximum Gasteiger partial charge on any atom is 0.265 e. The lowest BCUT2D eigenvalue weighted by Gasteiger charge is -2.26. The first kappa shape index (κ1) is 13.5. The van der Waals surface area contributed by atoms with Gasteiger partial charge in [-0.05, 0) is 24.1 Å². The molecule has 0 aromatic heterocycles. The minimum atomic E-state index is -0.0478. The number of nitrogens with zero attached hydrogens (tertiary/aromatic N) is 1. The molecular formula is C13H17BrN2O2. The SMILES string of the molecule is O=C(NN1CCOCC1)c1cccc(CCBr)c1. The van der Waals surface area contributed by atoms with Crippen LogP contribution in [0.5, 0.6) is 0 Å². The lowest BCUT2D eigenvalue weighted by atomic mass is 10.1. The Morgan fingerprint density at radius 2 is 2.17 bits per heavy atom. The van der Waals surface area contributed by atoms with Gasteiger partial charge in [-0.1, -0.05) is 28.1 Å². The molecule has 0 radical (unpaired) electrons. The number of carbonyl (C=O) groups is 1. The fraction of sp³-hybridized carbons (Fsp3) is 0.462. The van der Waals surface area contributed by atoms with Gasteiger partial charge in [-0.2, -0.15) is 0 Å². The molecule has 0 aliphatic carbocycles. The molecule has 2 rings (SSSR count). The second kappa shape index (κ2) is 6.87. The summed E-state index contributed by atoms with van der Waals surface area (Å²) in [4.78, 5) is 12.1. The van der Waals surface area contributed by atoms with E-state index >= 15 is 0 Å². The van der Waals surface area contributed by atoms with Gasteiger partial charge in [0.15, 0.2) is 0 Å². The van der Waals surface area contributed by atoms with E-state index in [1.807, 2.05) is 29.3 Å². The van der Waals surface area contributed by atoms with Gasteiger partial charge in [0.2, 0.25) is 0 Å². The summed E-state index contributed by atoms with van der Waals surface area (Å²) in [5.41, 5.74) is 4.78. The molecule has 4 nitrogen and oxygen atoms in total. The van der Waals surface area contributed by atoms with Gasteiger partial charge in [0.05, 0.1) is 13.2 Å². The van der Waals surface area contributed by atoms with E-state index in [0.29, 0.717) is 18.8 Å². The number of morpholine rings is 1. The number of hydrogen-bond donors (Lipinski definition) is 1. The van der Waals surface area contributed by atoms with E-state index in [2.05, 4.69) is 21.4 Å². The predicted octanol–water partition coefficient (Wildman–Crippen LogP) is 1.60. The van der Waals surface area contributed by atoms with Gasteiger partial charge >= 0.3 is 0 Å². The number of ether oxygens (including phenoxy) is 1. The molecule has 1 aromatic carbocycles. The highest BCUT2D eigenvalue weighted by atomic mass is 79.9. The predicted molar refractivity (Wildman–Crippen MR) is 73.8 cm³/mol. The van der Waals surface area contributed by atoms with Crippen LogP contribution in [0.25, 0.3) is 0 Å². The standard InChI is InChI=1S/C13H17BrN2O2/c14-5-4-11-2-1-3-12(10-11)13(17)15-16-6-8-18-9-7-16/h1-3,10H,4-9H2,(H,15,17). The number of hydrogen-bond acceptors (Lipinski definition) is 3. The highest BCUT2D eigenvalue weighted by Crippen LogP contribution is 2.07. The zero-order valence-electron chi connectivity index (χ0n) is 10.2. The van der Waals surface area contributed by atoms with Gasteiger partial charge in [0.25, 0.3) is 5.91 Å². The fourth-order valence-corrected chi connectivity index (χ4v) is 2.32. The molecular weight excluding hydrogens is 296 g/mol. The summed E-state index contributed by atoms with van der Waals surface area (Å²) >= 11 is 3.40. The van der Waals surface area contributed by atoms with Crippen molar-refractivity contribution in [1.82, 2.24) is 10.4 Å². The minimum Gasteiger partial charge on any atom is -0.379 e. The number of aryl methyl sites for hydroxylation is 1. The molecule has 5 heteroatoms. The van der Waals surface area contributed by atoms with E-state index < -0.39 is 0 Å².